The smallest absolute Gasteiger partial charge is 0.313 e. The van der Waals surface area contributed by atoms with Gasteiger partial charge in [-0.2, -0.15) is 0 Å². The number of carbonyl (C=O) groups excluding carboxylic acids is 4. The number of likely N-dealkylation sites (N-methyl/N-ethyl adjacent to an activating group) is 1. The Morgan fingerprint density at radius 2 is 1.75 bits per heavy atom. The summed E-state index contributed by atoms with van der Waals surface area (Å²) in [5.41, 5.74) is 1.42. The second-order valence-corrected chi connectivity index (χ2v) is 15.2. The number of ether oxygens (including phenoxy) is 2. The summed E-state index contributed by atoms with van der Waals surface area (Å²) in [6.07, 6.45) is 3.53. The average Bonchev–Trinajstić information content (AvgIpc) is 3.84. The molecular weight excluding hydrogens is 718 g/mol. The molecule has 3 heterocycles. The van der Waals surface area contributed by atoms with Gasteiger partial charge in [0.2, 0.25) is 11.8 Å². The Labute approximate surface area is 328 Å². The highest BCUT2D eigenvalue weighted by molar-refractivity contribution is 6.34. The van der Waals surface area contributed by atoms with Crippen molar-refractivity contribution in [2.24, 2.45) is 11.8 Å². The highest BCUT2D eigenvalue weighted by atomic mass is 35.5. The largest absolute Gasteiger partial charge is 0.455 e. The molecule has 1 N–H and O–H groups in total. The van der Waals surface area contributed by atoms with Crippen LogP contribution in [0.3, 0.4) is 0 Å². The highest BCUT2D eigenvalue weighted by Crippen LogP contribution is 2.59. The van der Waals surface area contributed by atoms with Crippen molar-refractivity contribution < 1.29 is 33.8 Å². The van der Waals surface area contributed by atoms with Crippen LogP contribution in [0.2, 0.25) is 5.02 Å². The van der Waals surface area contributed by atoms with Crippen LogP contribution in [0.15, 0.2) is 104 Å². The number of carbonyl (C=O) groups is 4. The van der Waals surface area contributed by atoms with Gasteiger partial charge in [-0.1, -0.05) is 96.5 Å². The summed E-state index contributed by atoms with van der Waals surface area (Å²) in [6, 6.07) is 21.5. The van der Waals surface area contributed by atoms with E-state index in [1.807, 2.05) is 80.6 Å². The van der Waals surface area contributed by atoms with Crippen LogP contribution in [-0.4, -0.2) is 88.6 Å². The Bertz CT molecular complexity index is 1890. The predicted molar refractivity (Wildman–Crippen MR) is 211 cm³/mol. The van der Waals surface area contributed by atoms with Gasteiger partial charge in [-0.15, -0.1) is 13.2 Å². The molecule has 0 unspecified atom stereocenters. The SMILES string of the molecule is C=CCCC(=O)N(C)[C@H](C)[C@H](OC(=O)[C@@H]1[C@H]2C(=O)N([C@@H](CO)Cc3ccccc3)[C@H](C(=O)N(CC=C)c3c(C)cccc3Cl)[C@]23CC[C@H]1O3)c1ccccc1. The van der Waals surface area contributed by atoms with E-state index in [1.54, 1.807) is 36.2 Å². The molecule has 3 fully saturated rings. The molecule has 11 heteroatoms. The van der Waals surface area contributed by atoms with Crippen LogP contribution in [-0.2, 0) is 35.1 Å². The lowest BCUT2D eigenvalue weighted by molar-refractivity contribution is -0.165. The number of amides is 3. The first-order valence-electron chi connectivity index (χ1n) is 18.9. The zero-order valence-electron chi connectivity index (χ0n) is 31.7. The minimum absolute atomic E-state index is 0.0930. The fraction of sp³-hybridized carbons (Fsp3) is 0.409. The molecule has 3 aliphatic heterocycles. The number of aliphatic hydroxyl groups is 1. The van der Waals surface area contributed by atoms with Gasteiger partial charge in [0.05, 0.1) is 47.3 Å². The number of benzene rings is 3. The van der Waals surface area contributed by atoms with Gasteiger partial charge < -0.3 is 29.3 Å². The Morgan fingerprint density at radius 1 is 1.05 bits per heavy atom. The number of aryl methyl sites for hydroxylation is 1. The van der Waals surface area contributed by atoms with Crippen molar-refractivity contribution in [1.29, 1.82) is 0 Å². The summed E-state index contributed by atoms with van der Waals surface area (Å²) in [4.78, 5) is 62.7. The highest BCUT2D eigenvalue weighted by Gasteiger charge is 2.76. The van der Waals surface area contributed by atoms with E-state index in [-0.39, 0.29) is 25.3 Å². The number of para-hydroxylation sites is 1. The van der Waals surface area contributed by atoms with Gasteiger partial charge in [-0.25, -0.2) is 0 Å². The number of nitrogens with zero attached hydrogens (tertiary/aromatic N) is 3. The van der Waals surface area contributed by atoms with Gasteiger partial charge >= 0.3 is 5.97 Å². The number of esters is 1. The van der Waals surface area contributed by atoms with Crippen molar-refractivity contribution >= 4 is 41.0 Å². The van der Waals surface area contributed by atoms with Gasteiger partial charge in [-0.05, 0) is 62.3 Å². The van der Waals surface area contributed by atoms with Crippen LogP contribution in [0, 0.1) is 18.8 Å². The van der Waals surface area contributed by atoms with Crippen molar-refractivity contribution in [2.45, 2.75) is 81.9 Å². The third-order valence-electron chi connectivity index (χ3n) is 11.6. The first-order valence-corrected chi connectivity index (χ1v) is 19.3. The second-order valence-electron chi connectivity index (χ2n) is 14.8. The molecule has 0 aromatic heterocycles. The molecule has 1 spiro atoms. The van der Waals surface area contributed by atoms with E-state index < -0.39 is 72.2 Å². The van der Waals surface area contributed by atoms with E-state index in [9.17, 15) is 14.7 Å². The number of halogens is 1. The zero-order valence-corrected chi connectivity index (χ0v) is 32.4. The monoisotopic (exact) mass is 767 g/mol. The maximum Gasteiger partial charge on any atom is 0.313 e. The minimum atomic E-state index is -1.38. The Morgan fingerprint density at radius 3 is 2.38 bits per heavy atom. The molecule has 3 saturated heterocycles. The van der Waals surface area contributed by atoms with Crippen LogP contribution in [0.25, 0.3) is 0 Å². The Hall–Kier alpha value is -4.77. The number of fused-ring (bicyclic) bond motifs is 1. The van der Waals surface area contributed by atoms with Crippen molar-refractivity contribution in [3.8, 4) is 0 Å². The first kappa shape index (κ1) is 39.9. The van der Waals surface area contributed by atoms with Crippen molar-refractivity contribution in [3.05, 3.63) is 126 Å². The van der Waals surface area contributed by atoms with Gasteiger partial charge in [0.1, 0.15) is 17.7 Å². The lowest BCUT2D eigenvalue weighted by atomic mass is 9.70. The van der Waals surface area contributed by atoms with Crippen LogP contribution >= 0.6 is 11.6 Å². The summed E-state index contributed by atoms with van der Waals surface area (Å²) in [6.45, 7) is 11.0. The summed E-state index contributed by atoms with van der Waals surface area (Å²) in [7, 11) is 1.68. The average molecular weight is 768 g/mol. The van der Waals surface area contributed by atoms with Gasteiger partial charge in [0.25, 0.3) is 5.91 Å². The fourth-order valence-corrected chi connectivity index (χ4v) is 9.15. The van der Waals surface area contributed by atoms with Crippen LogP contribution in [0.1, 0.15) is 55.4 Å². The predicted octanol–water partition coefficient (Wildman–Crippen LogP) is 6.24. The molecule has 3 amide bonds. The molecule has 55 heavy (non-hydrogen) atoms. The number of likely N-dealkylation sites (tertiary alicyclic amines) is 1. The standard InChI is InChI=1S/C44H50ClN3O7/c1-6-8-22-35(50)46(5)29(4)39(31-19-13-10-14-20-31)54-43(53)36-34-23-24-44(55-34)37(36)41(51)48(32(27-49)26-30-17-11-9-12-18-30)40(44)42(52)47(25-7-2)38-28(3)16-15-21-33(38)45/h6-7,9-21,29,32,34,36-37,39-40,49H,1-2,8,22-27H2,3-5H3/t29-,32-,34-,36+,37+,39+,40-,44+/m1/s1. The maximum absolute atomic E-state index is 15.2. The molecular formula is C44H50ClN3O7. The molecule has 2 bridgehead atoms. The van der Waals surface area contributed by atoms with Crippen LogP contribution in [0.4, 0.5) is 5.69 Å². The van der Waals surface area contributed by atoms with Crippen LogP contribution < -0.4 is 4.90 Å². The molecule has 3 aromatic rings. The lowest BCUT2D eigenvalue weighted by Gasteiger charge is -2.39. The van der Waals surface area contributed by atoms with Crippen molar-refractivity contribution in [2.75, 3.05) is 25.1 Å². The summed E-state index contributed by atoms with van der Waals surface area (Å²) in [5.74, 6) is -3.75. The van der Waals surface area contributed by atoms with Gasteiger partial charge in [0.15, 0.2) is 0 Å². The number of allylic oxidation sites excluding steroid dienone is 1. The van der Waals surface area contributed by atoms with Crippen LogP contribution in [0.5, 0.6) is 0 Å². The second kappa shape index (κ2) is 16.9. The number of hydrogen-bond donors (Lipinski definition) is 1. The maximum atomic E-state index is 15.2. The van der Waals surface area contributed by atoms with Gasteiger partial charge in [-0.3, -0.25) is 19.2 Å². The molecule has 10 nitrogen and oxygen atoms in total. The number of rotatable bonds is 16. The van der Waals surface area contributed by atoms with E-state index in [2.05, 4.69) is 13.2 Å². The summed E-state index contributed by atoms with van der Waals surface area (Å²) in [5, 5.41) is 11.3. The number of anilines is 1. The topological polar surface area (TPSA) is 117 Å². The quantitative estimate of drug-likeness (QED) is 0.136. The zero-order chi connectivity index (χ0) is 39.4. The first-order chi connectivity index (χ1) is 26.5. The molecule has 0 radical (unpaired) electrons. The van der Waals surface area contributed by atoms with Gasteiger partial charge in [0, 0.05) is 20.0 Å². The van der Waals surface area contributed by atoms with Crippen molar-refractivity contribution in [3.63, 3.8) is 0 Å². The summed E-state index contributed by atoms with van der Waals surface area (Å²) >= 11 is 6.75. The van der Waals surface area contributed by atoms with E-state index in [0.717, 1.165) is 11.1 Å². The molecule has 3 aliphatic rings. The normalized spacial score (nSPS) is 24.1. The fourth-order valence-electron chi connectivity index (χ4n) is 8.83. The molecule has 6 rings (SSSR count). The van der Waals surface area contributed by atoms with E-state index in [4.69, 9.17) is 21.1 Å². The lowest BCUT2D eigenvalue weighted by Crippen LogP contribution is -2.59. The molecule has 290 valence electrons. The van der Waals surface area contributed by atoms with E-state index in [1.165, 1.54) is 9.80 Å². The van der Waals surface area contributed by atoms with Crippen molar-refractivity contribution in [1.82, 2.24) is 9.80 Å². The molecule has 3 aromatic carbocycles. The Balaban J connectivity index is 1.40. The third-order valence-corrected chi connectivity index (χ3v) is 11.9. The molecule has 0 aliphatic carbocycles. The minimum Gasteiger partial charge on any atom is -0.455 e. The van der Waals surface area contributed by atoms with E-state index in [0.29, 0.717) is 35.5 Å². The number of hydrogen-bond acceptors (Lipinski definition) is 7. The molecule has 0 saturated carbocycles. The van der Waals surface area contributed by atoms with E-state index >= 15 is 9.59 Å². The molecule has 8 atom stereocenters. The third kappa shape index (κ3) is 7.47. The Kier molecular flexibility index (Phi) is 12.3. The number of aliphatic hydroxyl groups excluding tert-OH is 1. The summed E-state index contributed by atoms with van der Waals surface area (Å²) < 4.78 is 13.2.